The van der Waals surface area contributed by atoms with Crippen LogP contribution in [0.2, 0.25) is 0 Å². The second-order valence-corrected chi connectivity index (χ2v) is 8.11. The summed E-state index contributed by atoms with van der Waals surface area (Å²) in [5, 5.41) is 4.92. The average Bonchev–Trinajstić information content (AvgIpc) is 3.34. The molecule has 0 atom stereocenters. The molecule has 0 radical (unpaired) electrons. The van der Waals surface area contributed by atoms with E-state index in [1.807, 2.05) is 54.0 Å². The van der Waals surface area contributed by atoms with Crippen molar-refractivity contribution in [3.63, 3.8) is 0 Å². The molecule has 1 aliphatic rings. The van der Waals surface area contributed by atoms with Crippen LogP contribution in [0.5, 0.6) is 5.75 Å². The lowest BCUT2D eigenvalue weighted by Gasteiger charge is -2.35. The SMILES string of the molecule is O=C(NCCN1CCN(c2ncccc2OCc2ccccc2)CC1)c1cccs1. The van der Waals surface area contributed by atoms with Gasteiger partial charge in [0.25, 0.3) is 5.91 Å². The van der Waals surface area contributed by atoms with Gasteiger partial charge in [-0.1, -0.05) is 36.4 Å². The minimum atomic E-state index is 0.0114. The monoisotopic (exact) mass is 422 g/mol. The van der Waals surface area contributed by atoms with E-state index >= 15 is 0 Å². The van der Waals surface area contributed by atoms with E-state index in [0.717, 1.165) is 54.7 Å². The smallest absolute Gasteiger partial charge is 0.261 e. The third kappa shape index (κ3) is 5.37. The Kier molecular flexibility index (Phi) is 6.95. The number of aromatic nitrogens is 1. The zero-order chi connectivity index (χ0) is 20.6. The van der Waals surface area contributed by atoms with E-state index in [-0.39, 0.29) is 5.91 Å². The fraction of sp³-hybridized carbons (Fsp3) is 0.304. The van der Waals surface area contributed by atoms with Crippen molar-refractivity contribution in [2.24, 2.45) is 0 Å². The van der Waals surface area contributed by atoms with E-state index in [4.69, 9.17) is 4.74 Å². The van der Waals surface area contributed by atoms with Crippen LogP contribution in [-0.4, -0.2) is 55.1 Å². The van der Waals surface area contributed by atoms with Crippen molar-refractivity contribution in [3.8, 4) is 5.75 Å². The Morgan fingerprint density at radius 1 is 1.03 bits per heavy atom. The van der Waals surface area contributed by atoms with Gasteiger partial charge in [-0.25, -0.2) is 4.98 Å². The van der Waals surface area contributed by atoms with Gasteiger partial charge in [-0.15, -0.1) is 11.3 Å². The second kappa shape index (κ2) is 10.2. The van der Waals surface area contributed by atoms with Gasteiger partial charge in [-0.05, 0) is 29.1 Å². The molecule has 156 valence electrons. The van der Waals surface area contributed by atoms with Crippen molar-refractivity contribution in [1.29, 1.82) is 0 Å². The number of thiophene rings is 1. The van der Waals surface area contributed by atoms with Crippen LogP contribution in [-0.2, 0) is 6.61 Å². The number of hydrogen-bond donors (Lipinski definition) is 1. The van der Waals surface area contributed by atoms with Gasteiger partial charge in [0.2, 0.25) is 0 Å². The maximum Gasteiger partial charge on any atom is 0.261 e. The van der Waals surface area contributed by atoms with E-state index in [0.29, 0.717) is 13.2 Å². The molecule has 1 fully saturated rings. The minimum Gasteiger partial charge on any atom is -0.485 e. The van der Waals surface area contributed by atoms with Crippen molar-refractivity contribution in [1.82, 2.24) is 15.2 Å². The quantitative estimate of drug-likeness (QED) is 0.604. The predicted octanol–water partition coefficient (Wildman–Crippen LogP) is 3.27. The van der Waals surface area contributed by atoms with Crippen LogP contribution in [0.4, 0.5) is 5.82 Å². The maximum atomic E-state index is 12.0. The van der Waals surface area contributed by atoms with Gasteiger partial charge in [0, 0.05) is 45.5 Å². The van der Waals surface area contributed by atoms with Gasteiger partial charge in [0.15, 0.2) is 11.6 Å². The summed E-state index contributed by atoms with van der Waals surface area (Å²) in [7, 11) is 0. The van der Waals surface area contributed by atoms with Gasteiger partial charge in [0.05, 0.1) is 4.88 Å². The van der Waals surface area contributed by atoms with Gasteiger partial charge in [-0.2, -0.15) is 0 Å². The molecule has 0 bridgehead atoms. The van der Waals surface area contributed by atoms with Crippen molar-refractivity contribution in [2.75, 3.05) is 44.2 Å². The average molecular weight is 423 g/mol. The number of anilines is 1. The van der Waals surface area contributed by atoms with E-state index in [2.05, 4.69) is 32.2 Å². The van der Waals surface area contributed by atoms with Crippen LogP contribution in [0.3, 0.4) is 0 Å². The van der Waals surface area contributed by atoms with Crippen molar-refractivity contribution in [2.45, 2.75) is 6.61 Å². The molecule has 1 saturated heterocycles. The number of ether oxygens (including phenoxy) is 1. The molecule has 4 rings (SSSR count). The van der Waals surface area contributed by atoms with Gasteiger partial charge in [0.1, 0.15) is 6.61 Å². The Labute approximate surface area is 181 Å². The number of piperazine rings is 1. The van der Waals surface area contributed by atoms with E-state index < -0.39 is 0 Å². The lowest BCUT2D eigenvalue weighted by molar-refractivity contribution is 0.0952. The number of amides is 1. The second-order valence-electron chi connectivity index (χ2n) is 7.16. The number of carbonyl (C=O) groups is 1. The number of carbonyl (C=O) groups excluding carboxylic acids is 1. The summed E-state index contributed by atoms with van der Waals surface area (Å²) >= 11 is 1.47. The molecule has 0 unspecified atom stereocenters. The predicted molar refractivity (Wildman–Crippen MR) is 120 cm³/mol. The third-order valence-electron chi connectivity index (χ3n) is 5.12. The Balaban J connectivity index is 1.25. The zero-order valence-electron chi connectivity index (χ0n) is 16.9. The third-order valence-corrected chi connectivity index (χ3v) is 5.99. The molecule has 2 aromatic heterocycles. The highest BCUT2D eigenvalue weighted by molar-refractivity contribution is 7.12. The summed E-state index contributed by atoms with van der Waals surface area (Å²) in [4.78, 5) is 22.0. The molecule has 1 N–H and O–H groups in total. The number of rotatable bonds is 8. The lowest BCUT2D eigenvalue weighted by atomic mass is 10.2. The molecule has 3 heterocycles. The van der Waals surface area contributed by atoms with E-state index in [1.165, 1.54) is 11.3 Å². The van der Waals surface area contributed by atoms with Gasteiger partial charge >= 0.3 is 0 Å². The Hall–Kier alpha value is -2.90. The number of pyridine rings is 1. The van der Waals surface area contributed by atoms with Crippen LogP contribution in [0.1, 0.15) is 15.2 Å². The Morgan fingerprint density at radius 2 is 1.87 bits per heavy atom. The molecule has 0 aliphatic carbocycles. The summed E-state index contributed by atoms with van der Waals surface area (Å²) in [6.45, 7) is 5.68. The van der Waals surface area contributed by atoms with Crippen LogP contribution in [0.15, 0.2) is 66.2 Å². The first-order valence-corrected chi connectivity index (χ1v) is 11.1. The summed E-state index contributed by atoms with van der Waals surface area (Å²) in [6, 6.07) is 17.8. The van der Waals surface area contributed by atoms with E-state index in [9.17, 15) is 4.79 Å². The number of nitrogens with zero attached hydrogens (tertiary/aromatic N) is 3. The molecule has 7 heteroatoms. The zero-order valence-corrected chi connectivity index (χ0v) is 17.7. The summed E-state index contributed by atoms with van der Waals surface area (Å²) in [6.07, 6.45) is 1.82. The first-order chi connectivity index (χ1) is 14.8. The highest BCUT2D eigenvalue weighted by Gasteiger charge is 2.20. The molecule has 30 heavy (non-hydrogen) atoms. The first kappa shape index (κ1) is 20.4. The Bertz CT molecular complexity index is 925. The van der Waals surface area contributed by atoms with Crippen LogP contribution < -0.4 is 15.0 Å². The van der Waals surface area contributed by atoms with Gasteiger partial charge < -0.3 is 15.0 Å². The molecule has 6 nitrogen and oxygen atoms in total. The molecule has 3 aromatic rings. The minimum absolute atomic E-state index is 0.0114. The normalized spacial score (nSPS) is 14.5. The first-order valence-electron chi connectivity index (χ1n) is 10.2. The molecule has 1 aromatic carbocycles. The van der Waals surface area contributed by atoms with Crippen LogP contribution >= 0.6 is 11.3 Å². The summed E-state index contributed by atoms with van der Waals surface area (Å²) in [5.41, 5.74) is 1.14. The topological polar surface area (TPSA) is 57.7 Å². The number of hydrogen-bond acceptors (Lipinski definition) is 6. The highest BCUT2D eigenvalue weighted by Crippen LogP contribution is 2.27. The van der Waals surface area contributed by atoms with E-state index in [1.54, 1.807) is 0 Å². The van der Waals surface area contributed by atoms with Crippen molar-refractivity contribution >= 4 is 23.1 Å². The Morgan fingerprint density at radius 3 is 2.63 bits per heavy atom. The molecular weight excluding hydrogens is 396 g/mol. The van der Waals surface area contributed by atoms with Crippen LogP contribution in [0.25, 0.3) is 0 Å². The molecule has 0 saturated carbocycles. The number of nitrogens with one attached hydrogen (secondary N) is 1. The fourth-order valence-corrected chi connectivity index (χ4v) is 4.11. The maximum absolute atomic E-state index is 12.0. The molecule has 1 aliphatic heterocycles. The highest BCUT2D eigenvalue weighted by atomic mass is 32.1. The molecule has 1 amide bonds. The van der Waals surface area contributed by atoms with Gasteiger partial charge in [-0.3, -0.25) is 9.69 Å². The molecular formula is C23H26N4O2S. The summed E-state index contributed by atoms with van der Waals surface area (Å²) < 4.78 is 6.07. The standard InChI is InChI=1S/C23H26N4O2S/c28-23(21-9-5-17-30-21)25-11-12-26-13-15-27(16-14-26)22-20(8-4-10-24-22)29-18-19-6-2-1-3-7-19/h1-10,17H,11-16,18H2,(H,25,28). The van der Waals surface area contributed by atoms with Crippen molar-refractivity contribution in [3.05, 3.63) is 76.6 Å². The molecule has 0 spiro atoms. The summed E-state index contributed by atoms with van der Waals surface area (Å²) in [5.74, 6) is 1.73. The number of benzene rings is 1. The largest absolute Gasteiger partial charge is 0.485 e. The lowest BCUT2D eigenvalue weighted by Crippen LogP contribution is -2.48. The van der Waals surface area contributed by atoms with Crippen LogP contribution in [0, 0.1) is 0 Å². The fourth-order valence-electron chi connectivity index (χ4n) is 3.47. The van der Waals surface area contributed by atoms with Crippen molar-refractivity contribution < 1.29 is 9.53 Å².